The van der Waals surface area contributed by atoms with Crippen molar-refractivity contribution >= 4 is 11.8 Å². The van der Waals surface area contributed by atoms with Gasteiger partial charge in [0.05, 0.1) is 6.10 Å². The summed E-state index contributed by atoms with van der Waals surface area (Å²) >= 11 is 1.90. The highest BCUT2D eigenvalue weighted by molar-refractivity contribution is 7.98. The first-order valence-electron chi connectivity index (χ1n) is 6.87. The molecular formula is C15H24FNOS. The maximum Gasteiger partial charge on any atom is 0.123 e. The molecule has 19 heavy (non-hydrogen) atoms. The largest absolute Gasteiger partial charge is 0.387 e. The summed E-state index contributed by atoms with van der Waals surface area (Å²) < 4.78 is 12.7. The number of hydrogen-bond donors (Lipinski definition) is 2. The fraction of sp³-hybridized carbons (Fsp3) is 0.600. The van der Waals surface area contributed by atoms with E-state index in [1.165, 1.54) is 37.1 Å². The molecule has 2 N–H and O–H groups in total. The number of aliphatic hydroxyl groups is 1. The molecule has 4 heteroatoms. The number of halogens is 1. The number of benzene rings is 1. The zero-order chi connectivity index (χ0) is 13.9. The van der Waals surface area contributed by atoms with E-state index in [-0.39, 0.29) is 5.82 Å². The van der Waals surface area contributed by atoms with Gasteiger partial charge in [0, 0.05) is 6.54 Å². The van der Waals surface area contributed by atoms with Gasteiger partial charge in [-0.2, -0.15) is 11.8 Å². The van der Waals surface area contributed by atoms with Crippen molar-refractivity contribution in [2.75, 3.05) is 25.1 Å². The average Bonchev–Trinajstić information content (AvgIpc) is 2.42. The Bertz CT molecular complexity index is 331. The Morgan fingerprint density at radius 3 is 2.53 bits per heavy atom. The molecule has 2 nitrogen and oxygen atoms in total. The molecule has 0 fully saturated rings. The Morgan fingerprint density at radius 1 is 1.16 bits per heavy atom. The van der Waals surface area contributed by atoms with Crippen molar-refractivity contribution in [1.29, 1.82) is 0 Å². The highest BCUT2D eigenvalue weighted by Crippen LogP contribution is 2.12. The van der Waals surface area contributed by atoms with Gasteiger partial charge in [-0.1, -0.05) is 25.0 Å². The Morgan fingerprint density at radius 2 is 1.84 bits per heavy atom. The van der Waals surface area contributed by atoms with Crippen LogP contribution in [0.25, 0.3) is 0 Å². The molecule has 0 bridgehead atoms. The lowest BCUT2D eigenvalue weighted by molar-refractivity contribution is 0.174. The van der Waals surface area contributed by atoms with E-state index < -0.39 is 6.10 Å². The first-order chi connectivity index (χ1) is 9.24. The summed E-state index contributed by atoms with van der Waals surface area (Å²) in [6.07, 6.45) is 6.53. The van der Waals surface area contributed by atoms with Crippen LogP contribution in [0.2, 0.25) is 0 Å². The number of hydrogen-bond acceptors (Lipinski definition) is 3. The van der Waals surface area contributed by atoms with Gasteiger partial charge in [0.25, 0.3) is 0 Å². The maximum atomic E-state index is 12.7. The predicted octanol–water partition coefficient (Wildman–Crippen LogP) is 3.37. The standard InChI is InChI=1S/C15H24FNOS/c1-19-11-5-3-2-4-10-17-12-15(18)13-6-8-14(16)9-7-13/h6-9,15,17-18H,2-5,10-12H2,1H3. The molecule has 0 aliphatic rings. The molecule has 0 spiro atoms. The number of aliphatic hydroxyl groups excluding tert-OH is 1. The molecule has 0 aliphatic carbocycles. The normalized spacial score (nSPS) is 12.6. The second kappa shape index (κ2) is 10.2. The quantitative estimate of drug-likeness (QED) is 0.646. The van der Waals surface area contributed by atoms with Crippen LogP contribution in [0.5, 0.6) is 0 Å². The van der Waals surface area contributed by atoms with Crippen molar-refractivity contribution in [1.82, 2.24) is 5.32 Å². The van der Waals surface area contributed by atoms with Crippen molar-refractivity contribution in [3.63, 3.8) is 0 Å². The summed E-state index contributed by atoms with van der Waals surface area (Å²) in [7, 11) is 0. The molecule has 0 radical (unpaired) electrons. The zero-order valence-corrected chi connectivity index (χ0v) is 12.4. The summed E-state index contributed by atoms with van der Waals surface area (Å²) in [5.41, 5.74) is 0.758. The summed E-state index contributed by atoms with van der Waals surface area (Å²) in [5, 5.41) is 13.1. The molecule has 1 rings (SSSR count). The zero-order valence-electron chi connectivity index (χ0n) is 11.6. The summed E-state index contributed by atoms with van der Waals surface area (Å²) in [6, 6.07) is 6.02. The van der Waals surface area contributed by atoms with Gasteiger partial charge in [-0.3, -0.25) is 0 Å². The lowest BCUT2D eigenvalue weighted by Crippen LogP contribution is -2.22. The summed E-state index contributed by atoms with van der Waals surface area (Å²) in [6.45, 7) is 1.45. The Balaban J connectivity index is 2.04. The SMILES string of the molecule is CSCCCCCCNCC(O)c1ccc(F)cc1. The van der Waals surface area contributed by atoms with Crippen LogP contribution in [0, 0.1) is 5.82 Å². The van der Waals surface area contributed by atoms with E-state index in [0.717, 1.165) is 18.5 Å². The third kappa shape index (κ3) is 7.55. The molecule has 0 saturated carbocycles. The minimum atomic E-state index is -0.558. The lowest BCUT2D eigenvalue weighted by Gasteiger charge is -2.12. The molecule has 0 heterocycles. The first kappa shape index (κ1) is 16.5. The number of unbranched alkanes of at least 4 members (excludes halogenated alkanes) is 3. The Labute approximate surface area is 119 Å². The van der Waals surface area contributed by atoms with Crippen molar-refractivity contribution in [2.45, 2.75) is 31.8 Å². The van der Waals surface area contributed by atoms with Gasteiger partial charge in [-0.05, 0) is 49.1 Å². The topological polar surface area (TPSA) is 32.3 Å². The van der Waals surface area contributed by atoms with E-state index in [1.807, 2.05) is 11.8 Å². The van der Waals surface area contributed by atoms with Crippen LogP contribution in [0.1, 0.15) is 37.4 Å². The third-order valence-electron chi connectivity index (χ3n) is 3.04. The average molecular weight is 285 g/mol. The van der Waals surface area contributed by atoms with E-state index in [9.17, 15) is 9.50 Å². The van der Waals surface area contributed by atoms with Crippen molar-refractivity contribution < 1.29 is 9.50 Å². The second-order valence-electron chi connectivity index (χ2n) is 4.68. The monoisotopic (exact) mass is 285 g/mol. The van der Waals surface area contributed by atoms with Crippen molar-refractivity contribution in [3.8, 4) is 0 Å². The van der Waals surface area contributed by atoms with Crippen LogP contribution >= 0.6 is 11.8 Å². The van der Waals surface area contributed by atoms with Crippen LogP contribution in [-0.4, -0.2) is 30.2 Å². The summed E-state index contributed by atoms with van der Waals surface area (Å²) in [4.78, 5) is 0. The van der Waals surface area contributed by atoms with E-state index in [0.29, 0.717) is 6.54 Å². The van der Waals surface area contributed by atoms with Gasteiger partial charge in [0.2, 0.25) is 0 Å². The van der Waals surface area contributed by atoms with Gasteiger partial charge < -0.3 is 10.4 Å². The third-order valence-corrected chi connectivity index (χ3v) is 3.74. The molecule has 108 valence electrons. The fourth-order valence-electron chi connectivity index (χ4n) is 1.89. The molecular weight excluding hydrogens is 261 g/mol. The second-order valence-corrected chi connectivity index (χ2v) is 5.66. The Hall–Kier alpha value is -0.580. The van der Waals surface area contributed by atoms with Gasteiger partial charge >= 0.3 is 0 Å². The van der Waals surface area contributed by atoms with Gasteiger partial charge in [-0.25, -0.2) is 4.39 Å². The van der Waals surface area contributed by atoms with E-state index in [2.05, 4.69) is 11.6 Å². The molecule has 1 unspecified atom stereocenters. The molecule has 1 aromatic rings. The molecule has 0 amide bonds. The van der Waals surface area contributed by atoms with Gasteiger partial charge in [-0.15, -0.1) is 0 Å². The summed E-state index contributed by atoms with van der Waals surface area (Å²) in [5.74, 6) is 0.977. The number of nitrogens with one attached hydrogen (secondary N) is 1. The molecule has 0 aromatic heterocycles. The van der Waals surface area contributed by atoms with Crippen molar-refractivity contribution in [2.24, 2.45) is 0 Å². The lowest BCUT2D eigenvalue weighted by atomic mass is 10.1. The first-order valence-corrected chi connectivity index (χ1v) is 8.26. The van der Waals surface area contributed by atoms with Crippen LogP contribution in [-0.2, 0) is 0 Å². The van der Waals surface area contributed by atoms with Gasteiger partial charge in [0.1, 0.15) is 5.82 Å². The Kier molecular flexibility index (Phi) is 8.88. The predicted molar refractivity (Wildman–Crippen MR) is 81.1 cm³/mol. The minimum absolute atomic E-state index is 0.269. The number of thioether (sulfide) groups is 1. The number of rotatable bonds is 10. The maximum absolute atomic E-state index is 12.7. The minimum Gasteiger partial charge on any atom is -0.387 e. The van der Waals surface area contributed by atoms with Crippen LogP contribution < -0.4 is 5.32 Å². The van der Waals surface area contributed by atoms with Crippen LogP contribution in [0.3, 0.4) is 0 Å². The highest BCUT2D eigenvalue weighted by atomic mass is 32.2. The van der Waals surface area contributed by atoms with Crippen LogP contribution in [0.4, 0.5) is 4.39 Å². The van der Waals surface area contributed by atoms with E-state index in [1.54, 1.807) is 12.1 Å². The van der Waals surface area contributed by atoms with Gasteiger partial charge in [0.15, 0.2) is 0 Å². The molecule has 0 aliphatic heterocycles. The van der Waals surface area contributed by atoms with Crippen LogP contribution in [0.15, 0.2) is 24.3 Å². The molecule has 1 aromatic carbocycles. The van der Waals surface area contributed by atoms with E-state index >= 15 is 0 Å². The molecule has 1 atom stereocenters. The van der Waals surface area contributed by atoms with Crippen molar-refractivity contribution in [3.05, 3.63) is 35.6 Å². The highest BCUT2D eigenvalue weighted by Gasteiger charge is 2.06. The fourth-order valence-corrected chi connectivity index (χ4v) is 2.38. The molecule has 0 saturated heterocycles. The van der Waals surface area contributed by atoms with E-state index in [4.69, 9.17) is 0 Å². The smallest absolute Gasteiger partial charge is 0.123 e.